The fraction of sp³-hybridized carbons (Fsp3) is 0.133. The quantitative estimate of drug-likeness (QED) is 0.831. The SMILES string of the molecule is Nc1ccc(OCCC(=O)Nc2c(F)cccc2Cl)cc1. The molecule has 0 aliphatic rings. The molecule has 0 fully saturated rings. The highest BCUT2D eigenvalue weighted by molar-refractivity contribution is 6.33. The van der Waals surface area contributed by atoms with E-state index in [-0.39, 0.29) is 29.6 Å². The zero-order valence-corrected chi connectivity index (χ0v) is 11.9. The number of nitrogens with one attached hydrogen (secondary N) is 1. The van der Waals surface area contributed by atoms with Crippen LogP contribution in [0, 0.1) is 5.82 Å². The van der Waals surface area contributed by atoms with E-state index < -0.39 is 5.82 Å². The number of ether oxygens (including phenoxy) is 1. The molecule has 0 aliphatic carbocycles. The van der Waals surface area contributed by atoms with E-state index in [2.05, 4.69) is 5.32 Å². The Bertz CT molecular complexity index is 612. The molecule has 0 heterocycles. The van der Waals surface area contributed by atoms with E-state index in [0.29, 0.717) is 11.4 Å². The van der Waals surface area contributed by atoms with Crippen molar-refractivity contribution in [1.29, 1.82) is 0 Å². The van der Waals surface area contributed by atoms with Crippen LogP contribution in [0.15, 0.2) is 42.5 Å². The minimum Gasteiger partial charge on any atom is -0.493 e. The van der Waals surface area contributed by atoms with Gasteiger partial charge in [0.05, 0.1) is 23.7 Å². The van der Waals surface area contributed by atoms with E-state index in [4.69, 9.17) is 22.1 Å². The third-order valence-corrected chi connectivity index (χ3v) is 3.02. The average Bonchev–Trinajstić information content (AvgIpc) is 2.45. The van der Waals surface area contributed by atoms with Crippen LogP contribution in [0.25, 0.3) is 0 Å². The summed E-state index contributed by atoms with van der Waals surface area (Å²) in [6, 6.07) is 11.0. The molecule has 3 N–H and O–H groups in total. The summed E-state index contributed by atoms with van der Waals surface area (Å²) in [6.07, 6.45) is 0.0784. The van der Waals surface area contributed by atoms with Crippen LogP contribution in [0.5, 0.6) is 5.75 Å². The number of carbonyl (C=O) groups excluding carboxylic acids is 1. The number of carbonyl (C=O) groups is 1. The largest absolute Gasteiger partial charge is 0.493 e. The van der Waals surface area contributed by atoms with Gasteiger partial charge in [0, 0.05) is 5.69 Å². The predicted octanol–water partition coefficient (Wildman–Crippen LogP) is 3.47. The fourth-order valence-corrected chi connectivity index (χ4v) is 1.86. The third-order valence-electron chi connectivity index (χ3n) is 2.71. The van der Waals surface area contributed by atoms with Gasteiger partial charge in [0.2, 0.25) is 5.91 Å². The lowest BCUT2D eigenvalue weighted by Crippen LogP contribution is -2.16. The Labute approximate surface area is 126 Å². The van der Waals surface area contributed by atoms with Crippen molar-refractivity contribution in [2.24, 2.45) is 0 Å². The van der Waals surface area contributed by atoms with E-state index in [9.17, 15) is 9.18 Å². The van der Waals surface area contributed by atoms with Crippen LogP contribution in [0.2, 0.25) is 5.02 Å². The lowest BCUT2D eigenvalue weighted by molar-refractivity contribution is -0.116. The third kappa shape index (κ3) is 4.36. The summed E-state index contributed by atoms with van der Waals surface area (Å²) < 4.78 is 18.9. The number of hydrogen-bond acceptors (Lipinski definition) is 3. The van der Waals surface area contributed by atoms with Crippen molar-refractivity contribution in [3.8, 4) is 5.75 Å². The van der Waals surface area contributed by atoms with Crippen molar-refractivity contribution in [1.82, 2.24) is 0 Å². The molecule has 0 spiro atoms. The summed E-state index contributed by atoms with van der Waals surface area (Å²) in [5.41, 5.74) is 6.17. The van der Waals surface area contributed by atoms with E-state index in [1.54, 1.807) is 24.3 Å². The summed E-state index contributed by atoms with van der Waals surface area (Å²) in [6.45, 7) is 0.168. The van der Waals surface area contributed by atoms with Crippen molar-refractivity contribution < 1.29 is 13.9 Å². The molecule has 4 nitrogen and oxygen atoms in total. The Morgan fingerprint density at radius 3 is 2.62 bits per heavy atom. The molecular formula is C15H14ClFN2O2. The topological polar surface area (TPSA) is 64.3 Å². The van der Waals surface area contributed by atoms with Gasteiger partial charge >= 0.3 is 0 Å². The van der Waals surface area contributed by atoms with Gasteiger partial charge < -0.3 is 15.8 Å². The number of hydrogen-bond donors (Lipinski definition) is 2. The van der Waals surface area contributed by atoms with Gasteiger partial charge in [-0.1, -0.05) is 17.7 Å². The number of amides is 1. The zero-order chi connectivity index (χ0) is 15.2. The Morgan fingerprint density at radius 2 is 1.95 bits per heavy atom. The number of rotatable bonds is 5. The minimum atomic E-state index is -0.574. The Balaban J connectivity index is 1.84. The summed E-state index contributed by atoms with van der Waals surface area (Å²) >= 11 is 5.82. The molecule has 2 aromatic carbocycles. The van der Waals surface area contributed by atoms with Crippen molar-refractivity contribution >= 4 is 28.9 Å². The summed E-state index contributed by atoms with van der Waals surface area (Å²) in [5, 5.41) is 2.58. The number of nitrogen functional groups attached to an aromatic ring is 1. The second-order valence-electron chi connectivity index (χ2n) is 4.31. The predicted molar refractivity (Wildman–Crippen MR) is 81.0 cm³/mol. The smallest absolute Gasteiger partial charge is 0.227 e. The number of benzene rings is 2. The molecule has 0 aliphatic heterocycles. The lowest BCUT2D eigenvalue weighted by atomic mass is 10.3. The van der Waals surface area contributed by atoms with Crippen LogP contribution in [-0.2, 0) is 4.79 Å². The Kier molecular flexibility index (Phi) is 5.00. The van der Waals surface area contributed by atoms with E-state index in [1.165, 1.54) is 18.2 Å². The number of para-hydroxylation sites is 1. The van der Waals surface area contributed by atoms with Gasteiger partial charge in [-0.3, -0.25) is 4.79 Å². The maximum absolute atomic E-state index is 13.5. The second-order valence-corrected chi connectivity index (χ2v) is 4.72. The Morgan fingerprint density at radius 1 is 1.24 bits per heavy atom. The maximum Gasteiger partial charge on any atom is 0.227 e. The molecule has 0 bridgehead atoms. The monoisotopic (exact) mass is 308 g/mol. The van der Waals surface area contributed by atoms with Crippen LogP contribution in [0.4, 0.5) is 15.8 Å². The van der Waals surface area contributed by atoms with E-state index >= 15 is 0 Å². The van der Waals surface area contributed by atoms with Crippen molar-refractivity contribution in [3.63, 3.8) is 0 Å². The molecule has 110 valence electrons. The van der Waals surface area contributed by atoms with Crippen molar-refractivity contribution in [2.75, 3.05) is 17.7 Å². The van der Waals surface area contributed by atoms with Crippen molar-refractivity contribution in [3.05, 3.63) is 53.3 Å². The second kappa shape index (κ2) is 6.95. The van der Waals surface area contributed by atoms with Crippen LogP contribution < -0.4 is 15.8 Å². The molecule has 0 unspecified atom stereocenters. The molecule has 21 heavy (non-hydrogen) atoms. The highest BCUT2D eigenvalue weighted by Crippen LogP contribution is 2.24. The van der Waals surface area contributed by atoms with Crippen LogP contribution in [0.1, 0.15) is 6.42 Å². The molecular weight excluding hydrogens is 295 g/mol. The number of halogens is 2. The molecule has 0 saturated heterocycles. The maximum atomic E-state index is 13.5. The first-order chi connectivity index (χ1) is 10.1. The minimum absolute atomic E-state index is 0.0170. The molecule has 0 radical (unpaired) electrons. The molecule has 0 atom stereocenters. The fourth-order valence-electron chi connectivity index (χ4n) is 1.64. The van der Waals surface area contributed by atoms with Gasteiger partial charge in [-0.2, -0.15) is 0 Å². The molecule has 6 heteroatoms. The average molecular weight is 309 g/mol. The lowest BCUT2D eigenvalue weighted by Gasteiger charge is -2.09. The number of nitrogens with two attached hydrogens (primary N) is 1. The first kappa shape index (κ1) is 15.1. The Hall–Kier alpha value is -2.27. The first-order valence-electron chi connectivity index (χ1n) is 6.28. The molecule has 2 aromatic rings. The van der Waals surface area contributed by atoms with E-state index in [1.807, 2.05) is 0 Å². The van der Waals surface area contributed by atoms with Gasteiger partial charge in [0.25, 0.3) is 0 Å². The summed E-state index contributed by atoms with van der Waals surface area (Å²) in [7, 11) is 0. The normalized spacial score (nSPS) is 10.2. The van der Waals surface area contributed by atoms with Crippen LogP contribution in [-0.4, -0.2) is 12.5 Å². The summed E-state index contributed by atoms with van der Waals surface area (Å²) in [5.74, 6) is -0.339. The highest BCUT2D eigenvalue weighted by atomic mass is 35.5. The zero-order valence-electron chi connectivity index (χ0n) is 11.1. The van der Waals surface area contributed by atoms with Crippen molar-refractivity contribution in [2.45, 2.75) is 6.42 Å². The van der Waals surface area contributed by atoms with Gasteiger partial charge in [-0.05, 0) is 36.4 Å². The van der Waals surface area contributed by atoms with Crippen LogP contribution >= 0.6 is 11.6 Å². The highest BCUT2D eigenvalue weighted by Gasteiger charge is 2.10. The molecule has 0 aromatic heterocycles. The first-order valence-corrected chi connectivity index (χ1v) is 6.66. The number of anilines is 2. The van der Waals surface area contributed by atoms with Crippen LogP contribution in [0.3, 0.4) is 0 Å². The van der Waals surface area contributed by atoms with Gasteiger partial charge in [-0.15, -0.1) is 0 Å². The molecule has 1 amide bonds. The summed E-state index contributed by atoms with van der Waals surface area (Å²) in [4.78, 5) is 11.7. The molecule has 2 rings (SSSR count). The van der Waals surface area contributed by atoms with Gasteiger partial charge in [-0.25, -0.2) is 4.39 Å². The molecule has 0 saturated carbocycles. The van der Waals surface area contributed by atoms with Gasteiger partial charge in [0.1, 0.15) is 11.6 Å². The van der Waals surface area contributed by atoms with E-state index in [0.717, 1.165) is 0 Å². The van der Waals surface area contributed by atoms with Gasteiger partial charge in [0.15, 0.2) is 0 Å². The standard InChI is InChI=1S/C15H14ClFN2O2/c16-12-2-1-3-13(17)15(12)19-14(20)8-9-21-11-6-4-10(18)5-7-11/h1-7H,8-9,18H2,(H,19,20).